The summed E-state index contributed by atoms with van der Waals surface area (Å²) in [5.41, 5.74) is 1.33. The molecule has 1 unspecified atom stereocenters. The molecule has 3 rings (SSSR count). The van der Waals surface area contributed by atoms with Crippen LogP contribution >= 0.6 is 0 Å². The van der Waals surface area contributed by atoms with E-state index in [1.54, 1.807) is 13.0 Å². The molecule has 0 aliphatic heterocycles. The van der Waals surface area contributed by atoms with Crippen LogP contribution in [0.2, 0.25) is 0 Å². The number of halogens is 1. The summed E-state index contributed by atoms with van der Waals surface area (Å²) >= 11 is 0. The summed E-state index contributed by atoms with van der Waals surface area (Å²) in [6, 6.07) is 4.85. The van der Waals surface area contributed by atoms with Crippen molar-refractivity contribution in [1.29, 1.82) is 5.26 Å². The lowest BCUT2D eigenvalue weighted by Crippen LogP contribution is -2.35. The predicted molar refractivity (Wildman–Crippen MR) is 84.4 cm³/mol. The van der Waals surface area contributed by atoms with Gasteiger partial charge in [0.25, 0.3) is 0 Å². The summed E-state index contributed by atoms with van der Waals surface area (Å²) in [5, 5.41) is 9.89. The quantitative estimate of drug-likeness (QED) is 0.694. The lowest BCUT2D eigenvalue weighted by molar-refractivity contribution is -0.150. The maximum Gasteiger partial charge on any atom is 0.318 e. The van der Waals surface area contributed by atoms with Gasteiger partial charge in [-0.2, -0.15) is 5.26 Å². The first-order valence-electron chi connectivity index (χ1n) is 7.60. The number of esters is 1. The van der Waals surface area contributed by atoms with Crippen molar-refractivity contribution >= 4 is 16.9 Å². The van der Waals surface area contributed by atoms with Gasteiger partial charge in [-0.05, 0) is 43.9 Å². The van der Waals surface area contributed by atoms with Gasteiger partial charge >= 0.3 is 5.97 Å². The first-order valence-corrected chi connectivity index (χ1v) is 7.60. The third kappa shape index (κ3) is 2.06. The van der Waals surface area contributed by atoms with E-state index >= 15 is 0 Å². The number of fused-ring (bicyclic) bond motifs is 3. The van der Waals surface area contributed by atoms with Gasteiger partial charge in [-0.1, -0.05) is 6.08 Å². The van der Waals surface area contributed by atoms with Crippen molar-refractivity contribution in [2.75, 3.05) is 6.61 Å². The third-order valence-electron chi connectivity index (χ3n) is 4.57. The van der Waals surface area contributed by atoms with E-state index in [-0.39, 0.29) is 18.1 Å². The van der Waals surface area contributed by atoms with E-state index in [9.17, 15) is 14.4 Å². The predicted octanol–water partition coefficient (Wildman–Crippen LogP) is 3.50. The van der Waals surface area contributed by atoms with Gasteiger partial charge in [-0.3, -0.25) is 4.79 Å². The lowest BCUT2D eigenvalue weighted by Gasteiger charge is -2.25. The molecule has 118 valence electrons. The summed E-state index contributed by atoms with van der Waals surface area (Å²) in [5.74, 6) is -0.756. The van der Waals surface area contributed by atoms with Gasteiger partial charge in [0.2, 0.25) is 0 Å². The number of nitrogens with zero attached hydrogens (tertiary/aromatic N) is 1. The van der Waals surface area contributed by atoms with Crippen LogP contribution in [0.4, 0.5) is 4.39 Å². The number of carbonyl (C=O) groups is 1. The maximum absolute atomic E-state index is 14.2. The van der Waals surface area contributed by atoms with E-state index in [1.807, 2.05) is 0 Å². The minimum absolute atomic E-state index is 0.283. The normalized spacial score (nSPS) is 19.3. The first-order chi connectivity index (χ1) is 11.1. The van der Waals surface area contributed by atoms with Gasteiger partial charge in [0.15, 0.2) is 0 Å². The number of aromatic amines is 1. The Balaban J connectivity index is 2.28. The van der Waals surface area contributed by atoms with Gasteiger partial charge in [0.1, 0.15) is 11.2 Å². The molecule has 1 heterocycles. The molecule has 5 heteroatoms. The number of benzene rings is 1. The maximum atomic E-state index is 14.2. The highest BCUT2D eigenvalue weighted by Crippen LogP contribution is 2.46. The van der Waals surface area contributed by atoms with Crippen molar-refractivity contribution in [3.63, 3.8) is 0 Å². The van der Waals surface area contributed by atoms with Crippen LogP contribution in [-0.4, -0.2) is 17.6 Å². The van der Waals surface area contributed by atoms with Gasteiger partial charge in [-0.15, -0.1) is 6.58 Å². The Kier molecular flexibility index (Phi) is 3.69. The van der Waals surface area contributed by atoms with Crippen LogP contribution in [0.15, 0.2) is 24.8 Å². The fourth-order valence-electron chi connectivity index (χ4n) is 3.56. The van der Waals surface area contributed by atoms with Gasteiger partial charge in [0.05, 0.1) is 23.8 Å². The molecule has 1 aromatic carbocycles. The fourth-order valence-corrected chi connectivity index (χ4v) is 3.56. The highest BCUT2D eigenvalue weighted by molar-refractivity contribution is 5.95. The number of nitriles is 1. The Labute approximate surface area is 133 Å². The number of nitrogens with one attached hydrogen (secondary N) is 1. The standard InChI is InChI=1S/C18H17FN2O2/c1-3-8-18(17(22)23-4-2)9-7-12-14-11(10-20)5-6-13(19)15(14)21-16(12)18/h3,5-6,21H,1,4,7-9H2,2H3. The minimum atomic E-state index is -0.870. The van der Waals surface area contributed by atoms with Crippen LogP contribution in [0, 0.1) is 17.1 Å². The molecule has 1 N–H and O–H groups in total. The number of rotatable bonds is 4. The average Bonchev–Trinajstić information content (AvgIpc) is 3.08. The Morgan fingerprint density at radius 2 is 2.39 bits per heavy atom. The molecule has 0 spiro atoms. The second-order valence-electron chi connectivity index (χ2n) is 5.73. The summed E-state index contributed by atoms with van der Waals surface area (Å²) in [4.78, 5) is 15.6. The number of aryl methyl sites for hydroxylation is 1. The Morgan fingerprint density at radius 1 is 1.61 bits per heavy atom. The molecule has 1 aliphatic rings. The van der Waals surface area contributed by atoms with Crippen LogP contribution in [0.3, 0.4) is 0 Å². The zero-order valence-electron chi connectivity index (χ0n) is 12.9. The van der Waals surface area contributed by atoms with Crippen molar-refractivity contribution in [2.45, 2.75) is 31.6 Å². The van der Waals surface area contributed by atoms with Crippen molar-refractivity contribution < 1.29 is 13.9 Å². The number of H-pyrrole nitrogens is 1. The van der Waals surface area contributed by atoms with Crippen molar-refractivity contribution in [2.24, 2.45) is 0 Å². The van der Waals surface area contributed by atoms with E-state index < -0.39 is 11.2 Å². The molecule has 4 nitrogen and oxygen atoms in total. The molecule has 0 fully saturated rings. The van der Waals surface area contributed by atoms with Crippen LogP contribution in [0.25, 0.3) is 10.9 Å². The van der Waals surface area contributed by atoms with E-state index in [4.69, 9.17) is 4.74 Å². The van der Waals surface area contributed by atoms with E-state index in [2.05, 4.69) is 17.6 Å². The second kappa shape index (κ2) is 5.54. The third-order valence-corrected chi connectivity index (χ3v) is 4.57. The number of allylic oxidation sites excluding steroid dienone is 1. The molecular weight excluding hydrogens is 295 g/mol. The Morgan fingerprint density at radius 3 is 3.04 bits per heavy atom. The number of hydrogen-bond donors (Lipinski definition) is 1. The number of ether oxygens (including phenoxy) is 1. The monoisotopic (exact) mass is 312 g/mol. The minimum Gasteiger partial charge on any atom is -0.465 e. The van der Waals surface area contributed by atoms with E-state index in [1.165, 1.54) is 12.1 Å². The van der Waals surface area contributed by atoms with Gasteiger partial charge < -0.3 is 9.72 Å². The highest BCUT2D eigenvalue weighted by Gasteiger charge is 2.48. The topological polar surface area (TPSA) is 65.9 Å². The number of carbonyl (C=O) groups excluding carboxylic acids is 1. The molecule has 0 saturated carbocycles. The summed E-state index contributed by atoms with van der Waals surface area (Å²) in [6.45, 7) is 5.78. The molecule has 2 aromatic rings. The molecule has 0 amide bonds. The number of aromatic nitrogens is 1. The molecule has 1 aliphatic carbocycles. The molecule has 1 aromatic heterocycles. The highest BCUT2D eigenvalue weighted by atomic mass is 19.1. The fraction of sp³-hybridized carbons (Fsp3) is 0.333. The number of hydrogen-bond acceptors (Lipinski definition) is 3. The average molecular weight is 312 g/mol. The Bertz CT molecular complexity index is 847. The molecule has 23 heavy (non-hydrogen) atoms. The van der Waals surface area contributed by atoms with Crippen LogP contribution in [-0.2, 0) is 21.4 Å². The molecule has 1 atom stereocenters. The van der Waals surface area contributed by atoms with E-state index in [0.717, 1.165) is 5.56 Å². The Hall–Kier alpha value is -2.61. The van der Waals surface area contributed by atoms with Gasteiger partial charge in [-0.25, -0.2) is 4.39 Å². The van der Waals surface area contributed by atoms with Crippen molar-refractivity contribution in [3.05, 3.63) is 47.4 Å². The summed E-state index contributed by atoms with van der Waals surface area (Å²) < 4.78 is 19.4. The van der Waals surface area contributed by atoms with Crippen molar-refractivity contribution in [1.82, 2.24) is 4.98 Å². The summed E-state index contributed by atoms with van der Waals surface area (Å²) in [6.07, 6.45) is 3.25. The van der Waals surface area contributed by atoms with Crippen LogP contribution in [0.1, 0.15) is 36.6 Å². The molecule has 0 radical (unpaired) electrons. The van der Waals surface area contributed by atoms with Crippen LogP contribution < -0.4 is 0 Å². The molecule has 0 saturated heterocycles. The lowest BCUT2D eigenvalue weighted by atomic mass is 9.82. The second-order valence-corrected chi connectivity index (χ2v) is 5.73. The molecular formula is C18H17FN2O2. The smallest absolute Gasteiger partial charge is 0.318 e. The van der Waals surface area contributed by atoms with Gasteiger partial charge in [0, 0.05) is 11.1 Å². The first kappa shape index (κ1) is 15.3. The zero-order valence-corrected chi connectivity index (χ0v) is 12.9. The SMILES string of the molecule is C=CCC1(C(=O)OCC)CCc2c1[nH]c1c(F)ccc(C#N)c21. The zero-order chi connectivity index (χ0) is 16.6. The molecule has 0 bridgehead atoms. The van der Waals surface area contributed by atoms with Crippen LogP contribution in [0.5, 0.6) is 0 Å². The summed E-state index contributed by atoms with van der Waals surface area (Å²) in [7, 11) is 0. The van der Waals surface area contributed by atoms with E-state index in [0.29, 0.717) is 35.9 Å². The largest absolute Gasteiger partial charge is 0.465 e. The van der Waals surface area contributed by atoms with Crippen molar-refractivity contribution in [3.8, 4) is 6.07 Å².